The minimum absolute atomic E-state index is 0.592. The number of hydrogen-bond donors (Lipinski definition) is 0. The summed E-state index contributed by atoms with van der Waals surface area (Å²) >= 11 is 0. The van der Waals surface area contributed by atoms with Gasteiger partial charge >= 0.3 is 0 Å². The van der Waals surface area contributed by atoms with Gasteiger partial charge in [-0.1, -0.05) is 29.4 Å². The molecule has 0 atom stereocenters. The maximum absolute atomic E-state index is 5.69. The van der Waals surface area contributed by atoms with Gasteiger partial charge in [0, 0.05) is 12.0 Å². The van der Waals surface area contributed by atoms with Crippen LogP contribution in [0.25, 0.3) is 11.4 Å². The Kier molecular flexibility index (Phi) is 5.11. The number of aromatic nitrogens is 2. The largest absolute Gasteiger partial charge is 0.497 e. The molecule has 0 spiro atoms. The van der Waals surface area contributed by atoms with Crippen LogP contribution >= 0.6 is 0 Å². The van der Waals surface area contributed by atoms with E-state index in [1.165, 1.54) is 0 Å². The van der Waals surface area contributed by atoms with Crippen molar-refractivity contribution in [2.75, 3.05) is 13.7 Å². The van der Waals surface area contributed by atoms with E-state index >= 15 is 0 Å². The SMILES string of the molecule is COc1ccc(OCCCc2nc(-c3ccccc3C)no2)cc1. The average Bonchev–Trinajstić information content (AvgIpc) is 3.08. The van der Waals surface area contributed by atoms with Crippen molar-refractivity contribution in [2.45, 2.75) is 19.8 Å². The van der Waals surface area contributed by atoms with Gasteiger partial charge in [0.2, 0.25) is 11.7 Å². The molecule has 24 heavy (non-hydrogen) atoms. The lowest BCUT2D eigenvalue weighted by atomic mass is 10.1. The van der Waals surface area contributed by atoms with Gasteiger partial charge in [0.15, 0.2) is 0 Å². The first-order chi connectivity index (χ1) is 11.8. The highest BCUT2D eigenvalue weighted by Crippen LogP contribution is 2.20. The molecule has 1 aromatic heterocycles. The summed E-state index contributed by atoms with van der Waals surface area (Å²) in [7, 11) is 1.64. The monoisotopic (exact) mass is 324 g/mol. The molecular formula is C19H20N2O3. The Hall–Kier alpha value is -2.82. The standard InChI is InChI=1S/C19H20N2O3/c1-14-6-3-4-7-17(14)19-20-18(24-21-19)8-5-13-23-16-11-9-15(22-2)10-12-16/h3-4,6-7,9-12H,5,8,13H2,1-2H3. The molecule has 0 saturated carbocycles. The number of methoxy groups -OCH3 is 1. The number of benzene rings is 2. The van der Waals surface area contributed by atoms with E-state index in [-0.39, 0.29) is 0 Å². The molecule has 0 unspecified atom stereocenters. The lowest BCUT2D eigenvalue weighted by Gasteiger charge is -2.05. The average molecular weight is 324 g/mol. The number of rotatable bonds is 7. The highest BCUT2D eigenvalue weighted by Gasteiger charge is 2.10. The molecule has 5 heteroatoms. The number of aryl methyl sites for hydroxylation is 2. The number of nitrogens with zero attached hydrogens (tertiary/aromatic N) is 2. The van der Waals surface area contributed by atoms with Crippen LogP contribution in [0.4, 0.5) is 0 Å². The van der Waals surface area contributed by atoms with Gasteiger partial charge in [0.05, 0.1) is 13.7 Å². The van der Waals surface area contributed by atoms with E-state index in [1.807, 2.05) is 55.5 Å². The number of ether oxygens (including phenoxy) is 2. The van der Waals surface area contributed by atoms with Crippen molar-refractivity contribution in [3.63, 3.8) is 0 Å². The Labute approximate surface area is 141 Å². The number of hydrogen-bond acceptors (Lipinski definition) is 5. The molecule has 0 saturated heterocycles. The molecule has 0 N–H and O–H groups in total. The summed E-state index contributed by atoms with van der Waals surface area (Å²) in [5.74, 6) is 2.91. The van der Waals surface area contributed by atoms with Gasteiger partial charge in [0.1, 0.15) is 11.5 Å². The Morgan fingerprint density at radius 2 is 1.75 bits per heavy atom. The summed E-state index contributed by atoms with van der Waals surface area (Å²) in [5.41, 5.74) is 2.13. The van der Waals surface area contributed by atoms with Crippen molar-refractivity contribution in [3.05, 3.63) is 60.0 Å². The van der Waals surface area contributed by atoms with Gasteiger partial charge < -0.3 is 14.0 Å². The van der Waals surface area contributed by atoms with Crippen molar-refractivity contribution in [1.82, 2.24) is 10.1 Å². The minimum Gasteiger partial charge on any atom is -0.497 e. The molecule has 3 aromatic rings. The molecule has 0 bridgehead atoms. The van der Waals surface area contributed by atoms with Crippen molar-refractivity contribution < 1.29 is 14.0 Å². The third kappa shape index (κ3) is 3.93. The maximum Gasteiger partial charge on any atom is 0.227 e. The predicted molar refractivity (Wildman–Crippen MR) is 91.3 cm³/mol. The molecule has 0 aliphatic carbocycles. The van der Waals surface area contributed by atoms with Gasteiger partial charge in [-0.25, -0.2) is 0 Å². The van der Waals surface area contributed by atoms with Gasteiger partial charge in [-0.15, -0.1) is 0 Å². The van der Waals surface area contributed by atoms with E-state index in [9.17, 15) is 0 Å². The second kappa shape index (κ2) is 7.64. The quantitative estimate of drug-likeness (QED) is 0.613. The first kappa shape index (κ1) is 16.1. The Morgan fingerprint density at radius 3 is 2.50 bits per heavy atom. The Bertz CT molecular complexity index is 781. The molecule has 0 amide bonds. The first-order valence-electron chi connectivity index (χ1n) is 7.91. The zero-order valence-corrected chi connectivity index (χ0v) is 13.9. The fraction of sp³-hybridized carbons (Fsp3) is 0.263. The van der Waals surface area contributed by atoms with E-state index in [4.69, 9.17) is 14.0 Å². The first-order valence-corrected chi connectivity index (χ1v) is 7.91. The molecule has 2 aromatic carbocycles. The third-order valence-corrected chi connectivity index (χ3v) is 3.72. The van der Waals surface area contributed by atoms with Crippen LogP contribution in [-0.4, -0.2) is 23.9 Å². The fourth-order valence-electron chi connectivity index (χ4n) is 2.37. The van der Waals surface area contributed by atoms with Crippen LogP contribution in [0.3, 0.4) is 0 Å². The van der Waals surface area contributed by atoms with E-state index in [2.05, 4.69) is 10.1 Å². The molecule has 0 radical (unpaired) electrons. The van der Waals surface area contributed by atoms with Crippen molar-refractivity contribution in [3.8, 4) is 22.9 Å². The van der Waals surface area contributed by atoms with E-state index in [0.717, 1.165) is 29.0 Å². The topological polar surface area (TPSA) is 57.4 Å². The van der Waals surface area contributed by atoms with Gasteiger partial charge in [-0.2, -0.15) is 4.98 Å². The smallest absolute Gasteiger partial charge is 0.227 e. The van der Waals surface area contributed by atoms with Crippen molar-refractivity contribution in [1.29, 1.82) is 0 Å². The summed E-state index contributed by atoms with van der Waals surface area (Å²) in [5, 5.41) is 4.06. The molecule has 1 heterocycles. The van der Waals surface area contributed by atoms with Crippen LogP contribution in [0.2, 0.25) is 0 Å². The highest BCUT2D eigenvalue weighted by atomic mass is 16.5. The lowest BCUT2D eigenvalue weighted by molar-refractivity contribution is 0.298. The summed E-state index contributed by atoms with van der Waals surface area (Å²) in [6.45, 7) is 2.63. The van der Waals surface area contributed by atoms with E-state index < -0.39 is 0 Å². The molecule has 3 rings (SSSR count). The van der Waals surface area contributed by atoms with Crippen molar-refractivity contribution in [2.24, 2.45) is 0 Å². The van der Waals surface area contributed by atoms with Crippen LogP contribution in [0.1, 0.15) is 17.9 Å². The zero-order valence-electron chi connectivity index (χ0n) is 13.9. The summed E-state index contributed by atoms with van der Waals surface area (Å²) in [6.07, 6.45) is 1.50. The van der Waals surface area contributed by atoms with Crippen LogP contribution in [0, 0.1) is 6.92 Å². The van der Waals surface area contributed by atoms with Gasteiger partial charge in [-0.05, 0) is 43.2 Å². The molecular weight excluding hydrogens is 304 g/mol. The van der Waals surface area contributed by atoms with Gasteiger partial charge in [-0.3, -0.25) is 0 Å². The molecule has 0 aliphatic heterocycles. The van der Waals surface area contributed by atoms with Crippen molar-refractivity contribution >= 4 is 0 Å². The fourth-order valence-corrected chi connectivity index (χ4v) is 2.37. The Morgan fingerprint density at radius 1 is 1.00 bits per heavy atom. The van der Waals surface area contributed by atoms with Crippen LogP contribution in [-0.2, 0) is 6.42 Å². The zero-order chi connectivity index (χ0) is 16.8. The second-order valence-corrected chi connectivity index (χ2v) is 5.45. The Balaban J connectivity index is 1.50. The third-order valence-electron chi connectivity index (χ3n) is 3.72. The highest BCUT2D eigenvalue weighted by molar-refractivity contribution is 5.58. The normalized spacial score (nSPS) is 10.6. The molecule has 0 aliphatic rings. The summed E-state index contributed by atoms with van der Waals surface area (Å²) in [4.78, 5) is 4.46. The summed E-state index contributed by atoms with van der Waals surface area (Å²) < 4.78 is 16.1. The van der Waals surface area contributed by atoms with E-state index in [0.29, 0.717) is 24.7 Å². The van der Waals surface area contributed by atoms with Gasteiger partial charge in [0.25, 0.3) is 0 Å². The molecule has 5 nitrogen and oxygen atoms in total. The molecule has 124 valence electrons. The second-order valence-electron chi connectivity index (χ2n) is 5.45. The predicted octanol–water partition coefficient (Wildman–Crippen LogP) is 4.07. The summed E-state index contributed by atoms with van der Waals surface area (Å²) in [6, 6.07) is 15.5. The van der Waals surface area contributed by atoms with Crippen LogP contribution in [0.15, 0.2) is 53.1 Å². The van der Waals surface area contributed by atoms with E-state index in [1.54, 1.807) is 7.11 Å². The van der Waals surface area contributed by atoms with Crippen LogP contribution < -0.4 is 9.47 Å². The molecule has 0 fully saturated rings. The maximum atomic E-state index is 5.69. The lowest BCUT2D eigenvalue weighted by Crippen LogP contribution is -1.99. The van der Waals surface area contributed by atoms with Crippen LogP contribution in [0.5, 0.6) is 11.5 Å². The minimum atomic E-state index is 0.592.